The molecule has 0 amide bonds. The first kappa shape index (κ1) is 61.2. The van der Waals surface area contributed by atoms with Gasteiger partial charge in [-0.2, -0.15) is 0 Å². The summed E-state index contributed by atoms with van der Waals surface area (Å²) in [6.45, 7) is 24.6. The summed E-state index contributed by atoms with van der Waals surface area (Å²) in [4.78, 5) is 15.9. The van der Waals surface area contributed by atoms with Gasteiger partial charge in [-0.05, 0) is 175 Å². The van der Waals surface area contributed by atoms with Gasteiger partial charge in [0.1, 0.15) is 11.4 Å². The van der Waals surface area contributed by atoms with Gasteiger partial charge in [0.2, 0.25) is 0 Å². The first-order valence-electron chi connectivity index (χ1n) is 27.0. The quantitative estimate of drug-likeness (QED) is 0.0386. The van der Waals surface area contributed by atoms with E-state index in [1.165, 1.54) is 0 Å². The number of fused-ring (bicyclic) bond motifs is 2. The lowest BCUT2D eigenvalue weighted by atomic mass is 9.94. The fourth-order valence-electron chi connectivity index (χ4n) is 10.1. The zero-order valence-corrected chi connectivity index (χ0v) is 50.9. The predicted molar refractivity (Wildman–Crippen MR) is 310 cm³/mol. The van der Waals surface area contributed by atoms with Gasteiger partial charge in [0, 0.05) is 0 Å². The van der Waals surface area contributed by atoms with Gasteiger partial charge in [-0.15, -0.1) is 0 Å². The maximum atomic E-state index is 14.2. The molecule has 0 aliphatic heterocycles. The van der Waals surface area contributed by atoms with Crippen molar-refractivity contribution in [2.75, 3.05) is 52.9 Å². The van der Waals surface area contributed by atoms with Crippen molar-refractivity contribution in [3.8, 4) is 23.0 Å². The van der Waals surface area contributed by atoms with Crippen LogP contribution in [0.1, 0.15) is 111 Å². The van der Waals surface area contributed by atoms with Crippen LogP contribution in [-0.2, 0) is 92.2 Å². The first-order chi connectivity index (χ1) is 37.3. The summed E-state index contributed by atoms with van der Waals surface area (Å²) < 4.78 is 108. The highest BCUT2D eigenvalue weighted by atomic mass is 31.2. The Morgan fingerprint density at radius 3 is 0.910 bits per heavy atom. The Morgan fingerprint density at radius 2 is 0.641 bits per heavy atom. The third-order valence-corrected chi connectivity index (χ3v) is 21.8. The Morgan fingerprint density at radius 1 is 0.372 bits per heavy atom. The molecule has 0 saturated heterocycles. The Bertz CT molecular complexity index is 3060. The lowest BCUT2D eigenvalue weighted by Crippen LogP contribution is -2.12. The zero-order valence-electron chi connectivity index (χ0n) is 47.3. The van der Waals surface area contributed by atoms with Gasteiger partial charge in [-0.25, -0.2) is 15.0 Å². The lowest BCUT2D eigenvalue weighted by molar-refractivity contribution is 0.217. The van der Waals surface area contributed by atoms with Gasteiger partial charge in [0.05, 0.1) is 113 Å². The number of nitrogens with zero attached hydrogens (tertiary/aromatic N) is 5. The molecule has 0 unspecified atom stereocenters. The molecule has 17 nitrogen and oxygen atoms in total. The Kier molecular flexibility index (Phi) is 21.1. The van der Waals surface area contributed by atoms with E-state index < -0.39 is 30.4 Å². The monoisotopic (exact) mass is 1150 g/mol. The van der Waals surface area contributed by atoms with E-state index in [1.54, 1.807) is 55.4 Å². The summed E-state index contributed by atoms with van der Waals surface area (Å²) >= 11 is 0. The van der Waals surface area contributed by atoms with Gasteiger partial charge in [0.25, 0.3) is 0 Å². The largest absolute Gasteiger partial charge is 0.335 e. The lowest BCUT2D eigenvalue weighted by Gasteiger charge is -2.25. The molecule has 0 saturated carbocycles. The maximum absolute atomic E-state index is 14.2. The molecule has 0 aliphatic carbocycles. The second kappa shape index (κ2) is 26.9. The second-order valence-corrected chi connectivity index (χ2v) is 26.9. The molecule has 422 valence electrons. The van der Waals surface area contributed by atoms with Gasteiger partial charge in [-0.1, -0.05) is 42.5 Å². The number of rotatable bonds is 30. The van der Waals surface area contributed by atoms with Crippen LogP contribution in [0.15, 0.2) is 78.9 Å². The molecule has 0 aliphatic rings. The first-order valence-corrected chi connectivity index (χ1v) is 33.9. The maximum Gasteiger partial charge on any atom is 0.335 e. The minimum atomic E-state index is -3.59. The van der Waals surface area contributed by atoms with Crippen LogP contribution in [0, 0.1) is 27.7 Å². The molecule has 0 spiro atoms. The number of hydrogen-bond acceptors (Lipinski definition) is 15. The van der Waals surface area contributed by atoms with Crippen molar-refractivity contribution in [2.24, 2.45) is 0 Å². The topological polar surface area (TPSA) is 191 Å². The van der Waals surface area contributed by atoms with E-state index in [0.29, 0.717) is 36.1 Å². The number of pyridine rings is 1. The van der Waals surface area contributed by atoms with E-state index >= 15 is 0 Å². The highest BCUT2D eigenvalue weighted by molar-refractivity contribution is 7.53. The van der Waals surface area contributed by atoms with Gasteiger partial charge < -0.3 is 45.3 Å². The van der Waals surface area contributed by atoms with Gasteiger partial charge in [0.15, 0.2) is 11.6 Å². The molecule has 0 bridgehead atoms. The fraction of sp³-hybridized carbons (Fsp3) is 0.456. The summed E-state index contributed by atoms with van der Waals surface area (Å²) in [6.07, 6.45) is 0.0153. The van der Waals surface area contributed by atoms with E-state index in [4.69, 9.17) is 51.1 Å². The molecule has 4 aromatic carbocycles. The normalized spacial score (nSPS) is 12.7. The Labute approximate surface area is 460 Å². The second-order valence-electron chi connectivity index (χ2n) is 18.7. The van der Waals surface area contributed by atoms with E-state index in [9.17, 15) is 18.3 Å². The highest BCUT2D eigenvalue weighted by Gasteiger charge is 2.33. The molecule has 0 fully saturated rings. The molecule has 3 aromatic heterocycles. The van der Waals surface area contributed by atoms with Gasteiger partial charge >= 0.3 is 30.4 Å². The molecule has 0 N–H and O–H groups in total. The molecule has 3 heterocycles. The smallest absolute Gasteiger partial charge is 0.318 e. The van der Waals surface area contributed by atoms with Crippen molar-refractivity contribution in [1.82, 2.24) is 24.1 Å². The Hall–Kier alpha value is -4.43. The molecule has 7 aromatic rings. The SMILES string of the molecule is CCOP(=O)(Cc1cc(CP(=O)(OCC)OCC)c(C)c(Cn2c(-c3cccc(-c4nc5ccccc5n4Cc4c(C)c(CP(=O)(OCC)OCC)cc(CP(=O)(OCC)OCC)c4C)n3)nc3ccccc32)c1C)OCC. The van der Waals surface area contributed by atoms with Crippen LogP contribution in [0.25, 0.3) is 45.1 Å². The average Bonchev–Trinajstić information content (AvgIpc) is 4.12. The highest BCUT2D eigenvalue weighted by Crippen LogP contribution is 2.56. The number of aromatic nitrogens is 5. The summed E-state index contributed by atoms with van der Waals surface area (Å²) in [5, 5.41) is 0. The van der Waals surface area contributed by atoms with Crippen molar-refractivity contribution in [1.29, 1.82) is 0 Å². The van der Waals surface area contributed by atoms with Crippen molar-refractivity contribution >= 4 is 52.4 Å². The van der Waals surface area contributed by atoms with E-state index in [-0.39, 0.29) is 77.5 Å². The van der Waals surface area contributed by atoms with Crippen molar-refractivity contribution in [2.45, 2.75) is 121 Å². The molecule has 0 radical (unpaired) electrons. The number of imidazole rings is 2. The molecule has 21 heteroatoms. The minimum Gasteiger partial charge on any atom is -0.318 e. The minimum absolute atomic E-state index is 0.00382. The van der Waals surface area contributed by atoms with E-state index in [2.05, 4.69) is 9.13 Å². The third-order valence-electron chi connectivity index (χ3n) is 13.6. The zero-order chi connectivity index (χ0) is 56.4. The van der Waals surface area contributed by atoms with Crippen molar-refractivity contribution in [3.05, 3.63) is 134 Å². The number of para-hydroxylation sites is 4. The summed E-state index contributed by atoms with van der Waals surface area (Å²) in [5.74, 6) is 1.19. The molecule has 7 rings (SSSR count). The molecule has 0 atom stereocenters. The standard InChI is InChI=1S/C57H77N5O12P4/c1-13-67-75(63,68-14-2)36-44-32-45(37-76(64,69-15-3)70-16-4)41(10)48(40(44)9)34-61-54-30-23-21-26-50(54)59-56(61)52-28-25-29-53(58-52)57-60-51-27-22-24-31-55(51)62(57)35-49-42(11)46(38-77(65,71-17-5)72-18-6)33-47(43(49)12)39-78(66,73-19-7)74-20-8/h21-33H,13-20,34-39H2,1-12H3. The summed E-state index contributed by atoms with van der Waals surface area (Å²) in [5.41, 5.74) is 12.7. The van der Waals surface area contributed by atoms with Gasteiger partial charge in [-0.3, -0.25) is 18.3 Å². The van der Waals surface area contributed by atoms with Crippen LogP contribution in [0.2, 0.25) is 0 Å². The van der Waals surface area contributed by atoms with Crippen LogP contribution < -0.4 is 0 Å². The van der Waals surface area contributed by atoms with E-state index in [0.717, 1.165) is 77.7 Å². The van der Waals surface area contributed by atoms with Crippen LogP contribution in [-0.4, -0.2) is 76.9 Å². The average molecular weight is 1150 g/mol. The van der Waals surface area contributed by atoms with Crippen LogP contribution in [0.4, 0.5) is 0 Å². The van der Waals surface area contributed by atoms with E-state index in [1.807, 2.05) is 107 Å². The van der Waals surface area contributed by atoms with Crippen LogP contribution in [0.5, 0.6) is 0 Å². The van der Waals surface area contributed by atoms with Crippen LogP contribution >= 0.6 is 30.4 Å². The fourth-order valence-corrected chi connectivity index (χ4v) is 17.3. The summed E-state index contributed by atoms with van der Waals surface area (Å²) in [6, 6.07) is 25.5. The van der Waals surface area contributed by atoms with Crippen molar-refractivity contribution in [3.63, 3.8) is 0 Å². The predicted octanol–water partition coefficient (Wildman–Crippen LogP) is 15.5. The third kappa shape index (κ3) is 14.0. The number of hydrogen-bond donors (Lipinski definition) is 0. The summed E-state index contributed by atoms with van der Waals surface area (Å²) in [7, 11) is -14.4. The number of benzene rings is 4. The van der Waals surface area contributed by atoms with Crippen molar-refractivity contribution < 1.29 is 54.5 Å². The molecule has 78 heavy (non-hydrogen) atoms. The Balaban J connectivity index is 1.40. The van der Waals surface area contributed by atoms with Crippen LogP contribution in [0.3, 0.4) is 0 Å². The molecular weight excluding hydrogens is 1070 g/mol. The molecular formula is C57H77N5O12P4.